The fourth-order valence-corrected chi connectivity index (χ4v) is 2.67. The summed E-state index contributed by atoms with van der Waals surface area (Å²) in [7, 11) is 0. The number of hydrogen-bond donors (Lipinski definition) is 2. The highest BCUT2D eigenvalue weighted by Gasteiger charge is 2.41. The number of rotatable bonds is 0. The van der Waals surface area contributed by atoms with Crippen LogP contribution < -0.4 is 0 Å². The van der Waals surface area contributed by atoms with E-state index in [9.17, 15) is 10.2 Å². The van der Waals surface area contributed by atoms with Crippen molar-refractivity contribution in [3.05, 3.63) is 11.6 Å². The van der Waals surface area contributed by atoms with Crippen LogP contribution in [0.4, 0.5) is 0 Å². The lowest BCUT2D eigenvalue weighted by molar-refractivity contribution is 0.0145. The Hall–Kier alpha value is -0.340. The Kier molecular flexibility index (Phi) is 2.20. The van der Waals surface area contributed by atoms with Crippen LogP contribution in [0.3, 0.4) is 0 Å². The van der Waals surface area contributed by atoms with Crippen LogP contribution in [-0.4, -0.2) is 22.4 Å². The third-order valence-electron chi connectivity index (χ3n) is 3.75. The maximum absolute atomic E-state index is 9.93. The van der Waals surface area contributed by atoms with Gasteiger partial charge in [0.25, 0.3) is 0 Å². The topological polar surface area (TPSA) is 40.5 Å². The SMILES string of the molecule is C[C@@]12CCC(O)C=C1CCC[C@H]2O. The molecule has 0 spiro atoms. The van der Waals surface area contributed by atoms with Gasteiger partial charge in [0.05, 0.1) is 12.2 Å². The Balaban J connectivity index is 2.29. The monoisotopic (exact) mass is 182 g/mol. The van der Waals surface area contributed by atoms with E-state index >= 15 is 0 Å². The third-order valence-corrected chi connectivity index (χ3v) is 3.75. The average Bonchev–Trinajstić information content (AvgIpc) is 2.09. The number of hydrogen-bond acceptors (Lipinski definition) is 2. The van der Waals surface area contributed by atoms with Crippen molar-refractivity contribution in [1.29, 1.82) is 0 Å². The summed E-state index contributed by atoms with van der Waals surface area (Å²) >= 11 is 0. The van der Waals surface area contributed by atoms with E-state index in [1.54, 1.807) is 0 Å². The van der Waals surface area contributed by atoms with Crippen molar-refractivity contribution >= 4 is 0 Å². The molecule has 74 valence electrons. The van der Waals surface area contributed by atoms with Gasteiger partial charge in [-0.05, 0) is 32.1 Å². The predicted molar refractivity (Wildman–Crippen MR) is 51.3 cm³/mol. The van der Waals surface area contributed by atoms with E-state index in [1.165, 1.54) is 5.57 Å². The van der Waals surface area contributed by atoms with Crippen molar-refractivity contribution in [3.8, 4) is 0 Å². The molecule has 0 aromatic rings. The van der Waals surface area contributed by atoms with E-state index in [2.05, 4.69) is 6.92 Å². The van der Waals surface area contributed by atoms with Crippen LogP contribution in [0.1, 0.15) is 39.0 Å². The summed E-state index contributed by atoms with van der Waals surface area (Å²) in [6, 6.07) is 0. The second-order valence-corrected chi connectivity index (χ2v) is 4.62. The summed E-state index contributed by atoms with van der Waals surface area (Å²) in [4.78, 5) is 0. The first-order chi connectivity index (χ1) is 6.13. The minimum absolute atomic E-state index is 0.0303. The van der Waals surface area contributed by atoms with Crippen molar-refractivity contribution in [2.45, 2.75) is 51.2 Å². The van der Waals surface area contributed by atoms with Gasteiger partial charge < -0.3 is 10.2 Å². The van der Waals surface area contributed by atoms with Gasteiger partial charge in [-0.25, -0.2) is 0 Å². The van der Waals surface area contributed by atoms with E-state index in [0.717, 1.165) is 32.1 Å². The van der Waals surface area contributed by atoms with Gasteiger partial charge in [-0.3, -0.25) is 0 Å². The molecule has 2 heteroatoms. The molecular weight excluding hydrogens is 164 g/mol. The van der Waals surface area contributed by atoms with Gasteiger partial charge in [-0.1, -0.05) is 18.6 Å². The molecule has 0 aromatic carbocycles. The largest absolute Gasteiger partial charge is 0.392 e. The van der Waals surface area contributed by atoms with Crippen LogP contribution in [0.15, 0.2) is 11.6 Å². The normalized spacial score (nSPS) is 45.3. The first-order valence-electron chi connectivity index (χ1n) is 5.20. The van der Waals surface area contributed by atoms with E-state index < -0.39 is 0 Å². The fraction of sp³-hybridized carbons (Fsp3) is 0.818. The fourth-order valence-electron chi connectivity index (χ4n) is 2.67. The van der Waals surface area contributed by atoms with E-state index in [-0.39, 0.29) is 17.6 Å². The molecule has 13 heavy (non-hydrogen) atoms. The Morgan fingerprint density at radius 1 is 1.38 bits per heavy atom. The summed E-state index contributed by atoms with van der Waals surface area (Å²) in [5.74, 6) is 0. The number of aliphatic hydroxyl groups is 2. The van der Waals surface area contributed by atoms with Crippen LogP contribution in [0, 0.1) is 5.41 Å². The van der Waals surface area contributed by atoms with E-state index in [1.807, 2.05) is 6.08 Å². The van der Waals surface area contributed by atoms with Crippen molar-refractivity contribution in [2.75, 3.05) is 0 Å². The first kappa shape index (κ1) is 9.22. The minimum atomic E-state index is -0.270. The second kappa shape index (κ2) is 3.10. The summed E-state index contributed by atoms with van der Waals surface area (Å²) < 4.78 is 0. The molecule has 0 saturated heterocycles. The maximum atomic E-state index is 9.93. The molecule has 0 heterocycles. The molecule has 1 unspecified atom stereocenters. The highest BCUT2D eigenvalue weighted by molar-refractivity contribution is 5.22. The quantitative estimate of drug-likeness (QED) is 0.559. The maximum Gasteiger partial charge on any atom is 0.0724 e. The zero-order chi connectivity index (χ0) is 9.47. The van der Waals surface area contributed by atoms with Gasteiger partial charge in [0, 0.05) is 5.41 Å². The number of fused-ring (bicyclic) bond motifs is 1. The van der Waals surface area contributed by atoms with Gasteiger partial charge in [0.1, 0.15) is 0 Å². The Labute approximate surface area is 79.3 Å². The lowest BCUT2D eigenvalue weighted by atomic mass is 9.64. The molecule has 0 amide bonds. The molecule has 0 aromatic heterocycles. The van der Waals surface area contributed by atoms with Gasteiger partial charge in [-0.15, -0.1) is 0 Å². The summed E-state index contributed by atoms with van der Waals surface area (Å²) in [5.41, 5.74) is 1.25. The molecule has 2 nitrogen and oxygen atoms in total. The zero-order valence-corrected chi connectivity index (χ0v) is 8.16. The highest BCUT2D eigenvalue weighted by atomic mass is 16.3. The third kappa shape index (κ3) is 1.42. The summed E-state index contributed by atoms with van der Waals surface area (Å²) in [6.45, 7) is 2.13. The first-order valence-corrected chi connectivity index (χ1v) is 5.20. The van der Waals surface area contributed by atoms with Crippen LogP contribution >= 0.6 is 0 Å². The van der Waals surface area contributed by atoms with E-state index in [0.29, 0.717) is 0 Å². The molecule has 0 radical (unpaired) electrons. The molecule has 2 N–H and O–H groups in total. The lowest BCUT2D eigenvalue weighted by Gasteiger charge is -2.44. The molecular formula is C11H18O2. The molecule has 0 aliphatic heterocycles. The van der Waals surface area contributed by atoms with Crippen LogP contribution in [0.25, 0.3) is 0 Å². The second-order valence-electron chi connectivity index (χ2n) is 4.62. The van der Waals surface area contributed by atoms with Crippen LogP contribution in [-0.2, 0) is 0 Å². The van der Waals surface area contributed by atoms with Crippen molar-refractivity contribution in [3.63, 3.8) is 0 Å². The molecule has 1 fully saturated rings. The molecule has 2 aliphatic carbocycles. The van der Waals surface area contributed by atoms with Gasteiger partial charge in [-0.2, -0.15) is 0 Å². The molecule has 0 bridgehead atoms. The van der Waals surface area contributed by atoms with E-state index in [4.69, 9.17) is 0 Å². The van der Waals surface area contributed by atoms with Crippen LogP contribution in [0.5, 0.6) is 0 Å². The van der Waals surface area contributed by atoms with Gasteiger partial charge in [0.15, 0.2) is 0 Å². The molecule has 2 rings (SSSR count). The zero-order valence-electron chi connectivity index (χ0n) is 8.16. The standard InChI is InChI=1S/C11H18O2/c1-11-6-5-9(12)7-8(11)3-2-4-10(11)13/h7,9-10,12-13H,2-6H2,1H3/t9?,10-,11-/m1/s1. The average molecular weight is 182 g/mol. The van der Waals surface area contributed by atoms with Crippen LogP contribution in [0.2, 0.25) is 0 Å². The number of aliphatic hydroxyl groups excluding tert-OH is 2. The van der Waals surface area contributed by atoms with Gasteiger partial charge >= 0.3 is 0 Å². The minimum Gasteiger partial charge on any atom is -0.392 e. The summed E-state index contributed by atoms with van der Waals surface area (Å²) in [5, 5.41) is 19.4. The van der Waals surface area contributed by atoms with Crippen molar-refractivity contribution in [2.24, 2.45) is 5.41 Å². The van der Waals surface area contributed by atoms with Crippen molar-refractivity contribution < 1.29 is 10.2 Å². The summed E-state index contributed by atoms with van der Waals surface area (Å²) in [6.07, 6.45) is 6.28. The molecule has 3 atom stereocenters. The van der Waals surface area contributed by atoms with Gasteiger partial charge in [0.2, 0.25) is 0 Å². The Bertz CT molecular complexity index is 234. The molecule has 1 saturated carbocycles. The molecule has 2 aliphatic rings. The lowest BCUT2D eigenvalue weighted by Crippen LogP contribution is -2.40. The predicted octanol–water partition coefficient (Wildman–Crippen LogP) is 1.62. The Morgan fingerprint density at radius 3 is 2.92 bits per heavy atom. The Morgan fingerprint density at radius 2 is 2.15 bits per heavy atom. The smallest absolute Gasteiger partial charge is 0.0724 e. The van der Waals surface area contributed by atoms with Crippen molar-refractivity contribution in [1.82, 2.24) is 0 Å². The highest BCUT2D eigenvalue weighted by Crippen LogP contribution is 2.47.